The fourth-order valence-electron chi connectivity index (χ4n) is 1.92. The summed E-state index contributed by atoms with van der Waals surface area (Å²) in [5.41, 5.74) is 2.16. The Hall–Kier alpha value is -2.83. The van der Waals surface area contributed by atoms with E-state index in [4.69, 9.17) is 13.9 Å². The normalized spacial score (nSPS) is 10.3. The molecule has 0 amide bonds. The van der Waals surface area contributed by atoms with E-state index >= 15 is 0 Å². The van der Waals surface area contributed by atoms with Crippen molar-refractivity contribution in [2.24, 2.45) is 0 Å². The van der Waals surface area contributed by atoms with Crippen LogP contribution in [-0.4, -0.2) is 24.1 Å². The molecule has 0 N–H and O–H groups in total. The van der Waals surface area contributed by atoms with E-state index in [1.165, 1.54) is 6.07 Å². The molecule has 1 aromatic carbocycles. The number of furan rings is 1. The molecule has 1 aromatic heterocycles. The molecule has 0 aliphatic carbocycles. The van der Waals surface area contributed by atoms with Gasteiger partial charge < -0.3 is 13.9 Å². The smallest absolute Gasteiger partial charge is 0.433 e. The Labute approximate surface area is 126 Å². The fourth-order valence-corrected chi connectivity index (χ4v) is 1.92. The van der Waals surface area contributed by atoms with Gasteiger partial charge in [0.05, 0.1) is 6.07 Å². The highest BCUT2D eigenvalue weighted by Gasteiger charge is 2.18. The fraction of sp³-hybridized carbons (Fsp3) is 0.267. The van der Waals surface area contributed by atoms with Crippen LogP contribution in [0.5, 0.6) is 5.75 Å². The van der Waals surface area contributed by atoms with Crippen LogP contribution in [0.4, 0.5) is 5.88 Å². The van der Waals surface area contributed by atoms with E-state index < -0.39 is 16.8 Å². The SMILES string of the molecule is Cc1cc(C)cc(OCCOC(=O)c2ccc([N+](=O)[O-])o2)c1. The van der Waals surface area contributed by atoms with Crippen molar-refractivity contribution >= 4 is 11.9 Å². The molecule has 0 unspecified atom stereocenters. The Morgan fingerprint density at radius 1 is 1.18 bits per heavy atom. The lowest BCUT2D eigenvalue weighted by molar-refractivity contribution is -0.402. The summed E-state index contributed by atoms with van der Waals surface area (Å²) in [5.74, 6) is -0.782. The Morgan fingerprint density at radius 3 is 2.45 bits per heavy atom. The van der Waals surface area contributed by atoms with E-state index in [1.54, 1.807) is 0 Å². The summed E-state index contributed by atoms with van der Waals surface area (Å²) < 4.78 is 15.1. The number of esters is 1. The van der Waals surface area contributed by atoms with Crippen molar-refractivity contribution in [1.82, 2.24) is 0 Å². The van der Waals surface area contributed by atoms with Crippen molar-refractivity contribution in [2.75, 3.05) is 13.2 Å². The quantitative estimate of drug-likeness (QED) is 0.352. The highest BCUT2D eigenvalue weighted by atomic mass is 16.7. The van der Waals surface area contributed by atoms with Crippen molar-refractivity contribution in [2.45, 2.75) is 13.8 Å². The van der Waals surface area contributed by atoms with Crippen LogP contribution in [0.2, 0.25) is 0 Å². The Morgan fingerprint density at radius 2 is 1.86 bits per heavy atom. The molecule has 22 heavy (non-hydrogen) atoms. The largest absolute Gasteiger partial charge is 0.490 e. The predicted octanol–water partition coefficient (Wildman–Crippen LogP) is 3.04. The van der Waals surface area contributed by atoms with Crippen LogP contribution in [0, 0.1) is 24.0 Å². The predicted molar refractivity (Wildman–Crippen MR) is 77.1 cm³/mol. The number of carbonyl (C=O) groups excluding carboxylic acids is 1. The summed E-state index contributed by atoms with van der Waals surface area (Å²) in [7, 11) is 0. The average molecular weight is 305 g/mol. The molecule has 0 saturated heterocycles. The van der Waals surface area contributed by atoms with Crippen LogP contribution in [0.25, 0.3) is 0 Å². The van der Waals surface area contributed by atoms with Gasteiger partial charge in [0.15, 0.2) is 0 Å². The molecule has 7 nitrogen and oxygen atoms in total. The monoisotopic (exact) mass is 305 g/mol. The van der Waals surface area contributed by atoms with Crippen LogP contribution in [0.3, 0.4) is 0 Å². The van der Waals surface area contributed by atoms with Crippen molar-refractivity contribution in [1.29, 1.82) is 0 Å². The Bertz CT molecular complexity index is 671. The number of nitrogens with zero attached hydrogens (tertiary/aromatic N) is 1. The lowest BCUT2D eigenvalue weighted by atomic mass is 10.1. The lowest BCUT2D eigenvalue weighted by Gasteiger charge is -2.08. The third kappa shape index (κ3) is 4.08. The van der Waals surface area contributed by atoms with Gasteiger partial charge in [0.25, 0.3) is 0 Å². The first kappa shape index (κ1) is 15.6. The molecule has 7 heteroatoms. The topological polar surface area (TPSA) is 91.8 Å². The van der Waals surface area contributed by atoms with E-state index in [9.17, 15) is 14.9 Å². The van der Waals surface area contributed by atoms with Gasteiger partial charge in [-0.3, -0.25) is 10.1 Å². The Balaban J connectivity index is 1.80. The van der Waals surface area contributed by atoms with Crippen LogP contribution < -0.4 is 4.74 Å². The number of carbonyl (C=O) groups is 1. The summed E-state index contributed by atoms with van der Waals surface area (Å²) in [5, 5.41) is 10.4. The molecule has 0 spiro atoms. The lowest BCUT2D eigenvalue weighted by Crippen LogP contribution is -2.12. The van der Waals surface area contributed by atoms with E-state index in [0.29, 0.717) is 5.75 Å². The third-order valence-electron chi connectivity index (χ3n) is 2.75. The van der Waals surface area contributed by atoms with E-state index in [1.807, 2.05) is 32.0 Å². The molecule has 0 aliphatic rings. The number of hydrogen-bond acceptors (Lipinski definition) is 6. The standard InChI is InChI=1S/C15H15NO6/c1-10-7-11(2)9-12(8-10)20-5-6-21-15(17)13-3-4-14(22-13)16(18)19/h3-4,7-9H,5-6H2,1-2H3. The second-order valence-electron chi connectivity index (χ2n) is 4.70. The van der Waals surface area contributed by atoms with E-state index in [2.05, 4.69) is 0 Å². The molecule has 0 saturated carbocycles. The molecular weight excluding hydrogens is 290 g/mol. The number of rotatable bonds is 6. The molecule has 1 heterocycles. The molecule has 2 aromatic rings. The molecule has 0 radical (unpaired) electrons. The van der Waals surface area contributed by atoms with Gasteiger partial charge in [-0.15, -0.1) is 0 Å². The zero-order valence-corrected chi connectivity index (χ0v) is 12.2. The molecular formula is C15H15NO6. The van der Waals surface area contributed by atoms with Crippen molar-refractivity contribution in [3.63, 3.8) is 0 Å². The van der Waals surface area contributed by atoms with E-state index in [0.717, 1.165) is 17.2 Å². The molecule has 0 fully saturated rings. The minimum atomic E-state index is -0.767. The minimum Gasteiger partial charge on any atom is -0.490 e. The summed E-state index contributed by atoms with van der Waals surface area (Å²) >= 11 is 0. The maximum absolute atomic E-state index is 11.6. The molecule has 2 rings (SSSR count). The molecule has 0 aliphatic heterocycles. The first-order valence-corrected chi connectivity index (χ1v) is 6.58. The summed E-state index contributed by atoms with van der Waals surface area (Å²) in [6, 6.07) is 8.08. The highest BCUT2D eigenvalue weighted by molar-refractivity contribution is 5.86. The van der Waals surface area contributed by atoms with Gasteiger partial charge >= 0.3 is 11.9 Å². The van der Waals surface area contributed by atoms with Gasteiger partial charge in [-0.1, -0.05) is 6.07 Å². The zero-order chi connectivity index (χ0) is 16.1. The maximum Gasteiger partial charge on any atom is 0.433 e. The van der Waals surface area contributed by atoms with Crippen LogP contribution >= 0.6 is 0 Å². The summed E-state index contributed by atoms with van der Waals surface area (Å²) in [6.07, 6.45) is 0. The first-order valence-electron chi connectivity index (χ1n) is 6.58. The van der Waals surface area contributed by atoms with E-state index in [-0.39, 0.29) is 19.0 Å². The average Bonchev–Trinajstić information content (AvgIpc) is 2.92. The molecule has 116 valence electrons. The number of aryl methyl sites for hydroxylation is 2. The molecule has 0 atom stereocenters. The van der Waals surface area contributed by atoms with Crippen LogP contribution in [0.15, 0.2) is 34.7 Å². The first-order chi connectivity index (χ1) is 10.5. The number of nitro groups is 1. The van der Waals surface area contributed by atoms with Crippen LogP contribution in [-0.2, 0) is 4.74 Å². The van der Waals surface area contributed by atoms with Gasteiger partial charge in [-0.05, 0) is 43.2 Å². The summed E-state index contributed by atoms with van der Waals surface area (Å²) in [6.45, 7) is 4.12. The van der Waals surface area contributed by atoms with Gasteiger partial charge in [0.1, 0.15) is 23.9 Å². The van der Waals surface area contributed by atoms with Crippen molar-refractivity contribution in [3.05, 3.63) is 57.3 Å². The number of benzene rings is 1. The van der Waals surface area contributed by atoms with Gasteiger partial charge in [-0.25, -0.2) is 4.79 Å². The third-order valence-corrected chi connectivity index (χ3v) is 2.75. The van der Waals surface area contributed by atoms with Crippen LogP contribution in [0.1, 0.15) is 21.7 Å². The van der Waals surface area contributed by atoms with Gasteiger partial charge in [0.2, 0.25) is 5.76 Å². The summed E-state index contributed by atoms with van der Waals surface area (Å²) in [4.78, 5) is 21.3. The maximum atomic E-state index is 11.6. The number of hydrogen-bond donors (Lipinski definition) is 0. The van der Waals surface area contributed by atoms with Crippen molar-refractivity contribution in [3.8, 4) is 5.75 Å². The minimum absolute atomic E-state index is 0.0142. The van der Waals surface area contributed by atoms with Crippen molar-refractivity contribution < 1.29 is 23.6 Å². The van der Waals surface area contributed by atoms with Gasteiger partial charge in [0, 0.05) is 0 Å². The Kier molecular flexibility index (Phi) is 4.77. The zero-order valence-electron chi connectivity index (χ0n) is 12.2. The second kappa shape index (κ2) is 6.75. The molecule has 0 bridgehead atoms. The second-order valence-corrected chi connectivity index (χ2v) is 4.70. The highest BCUT2D eigenvalue weighted by Crippen LogP contribution is 2.17. The van der Waals surface area contributed by atoms with Gasteiger partial charge in [-0.2, -0.15) is 0 Å². The number of ether oxygens (including phenoxy) is 2.